The van der Waals surface area contributed by atoms with Crippen molar-refractivity contribution in [2.45, 2.75) is 40.5 Å². The number of hydrogen-bond donors (Lipinski definition) is 0. The molecule has 0 saturated heterocycles. The highest BCUT2D eigenvalue weighted by molar-refractivity contribution is 6.30. The van der Waals surface area contributed by atoms with Crippen LogP contribution in [0.25, 0.3) is 11.4 Å². The molecule has 0 unspecified atom stereocenters. The second-order valence-electron chi connectivity index (χ2n) is 5.24. The lowest BCUT2D eigenvalue weighted by Crippen LogP contribution is -2.03. The largest absolute Gasteiger partial charge is 0.233 e. The molecule has 0 aliphatic heterocycles. The van der Waals surface area contributed by atoms with Gasteiger partial charge in [-0.2, -0.15) is 0 Å². The fourth-order valence-electron chi connectivity index (χ4n) is 2.32. The van der Waals surface area contributed by atoms with Crippen molar-refractivity contribution in [2.24, 2.45) is 0 Å². The van der Waals surface area contributed by atoms with E-state index in [-0.39, 0.29) is 0 Å². The molecule has 2 aromatic rings. The molecule has 2 rings (SSSR count). The maximum absolute atomic E-state index is 6.32. The van der Waals surface area contributed by atoms with Gasteiger partial charge in [0.05, 0.1) is 0 Å². The van der Waals surface area contributed by atoms with E-state index < -0.39 is 0 Å². The average Bonchev–Trinajstić information content (AvgIpc) is 2.31. The van der Waals surface area contributed by atoms with Gasteiger partial charge in [-0.1, -0.05) is 43.6 Å². The highest BCUT2D eigenvalue weighted by Crippen LogP contribution is 2.29. The summed E-state index contributed by atoms with van der Waals surface area (Å²) in [4.78, 5) is 9.11. The molecular weight excluding hydrogens is 256 g/mol. The quantitative estimate of drug-likeness (QED) is 0.732. The standard InChI is InChI=1S/C16H19ClN2/c1-9(2)14-12(5)18-16(19-15(14)17)13-8-6-7-10(3)11(13)4/h6-9H,1-5H3. The van der Waals surface area contributed by atoms with E-state index in [2.05, 4.69) is 43.7 Å². The molecule has 0 fully saturated rings. The van der Waals surface area contributed by atoms with Crippen LogP contribution in [-0.2, 0) is 0 Å². The molecule has 0 aliphatic rings. The fourth-order valence-corrected chi connectivity index (χ4v) is 2.75. The minimum absolute atomic E-state index is 0.333. The number of nitrogens with zero attached hydrogens (tertiary/aromatic N) is 2. The molecule has 0 N–H and O–H groups in total. The van der Waals surface area contributed by atoms with Gasteiger partial charge in [0.2, 0.25) is 0 Å². The third kappa shape index (κ3) is 2.64. The van der Waals surface area contributed by atoms with Crippen LogP contribution in [0.4, 0.5) is 0 Å². The van der Waals surface area contributed by atoms with Crippen LogP contribution < -0.4 is 0 Å². The summed E-state index contributed by atoms with van der Waals surface area (Å²) in [5, 5.41) is 0.568. The normalized spacial score (nSPS) is 11.1. The second kappa shape index (κ2) is 5.30. The first-order valence-corrected chi connectivity index (χ1v) is 6.90. The van der Waals surface area contributed by atoms with Gasteiger partial charge in [-0.25, -0.2) is 9.97 Å². The minimum Gasteiger partial charge on any atom is -0.233 e. The van der Waals surface area contributed by atoms with Gasteiger partial charge >= 0.3 is 0 Å². The predicted octanol–water partition coefficient (Wildman–Crippen LogP) is 4.85. The highest BCUT2D eigenvalue weighted by atomic mass is 35.5. The summed E-state index contributed by atoms with van der Waals surface area (Å²) in [6.07, 6.45) is 0. The SMILES string of the molecule is Cc1cccc(-c2nc(C)c(C(C)C)c(Cl)n2)c1C. The van der Waals surface area contributed by atoms with Crippen molar-refractivity contribution in [1.29, 1.82) is 0 Å². The summed E-state index contributed by atoms with van der Waals surface area (Å²) < 4.78 is 0. The second-order valence-corrected chi connectivity index (χ2v) is 5.60. The first kappa shape index (κ1) is 14.0. The van der Waals surface area contributed by atoms with Crippen LogP contribution in [-0.4, -0.2) is 9.97 Å². The predicted molar refractivity (Wildman–Crippen MR) is 80.8 cm³/mol. The number of aryl methyl sites for hydroxylation is 2. The molecule has 0 atom stereocenters. The maximum Gasteiger partial charge on any atom is 0.161 e. The van der Waals surface area contributed by atoms with Gasteiger partial charge in [-0.15, -0.1) is 0 Å². The van der Waals surface area contributed by atoms with E-state index in [9.17, 15) is 0 Å². The zero-order valence-corrected chi connectivity index (χ0v) is 12.8. The Hall–Kier alpha value is -1.41. The molecule has 3 heteroatoms. The van der Waals surface area contributed by atoms with Crippen molar-refractivity contribution < 1.29 is 0 Å². The van der Waals surface area contributed by atoms with Gasteiger partial charge in [0.15, 0.2) is 5.82 Å². The molecule has 1 aromatic heterocycles. The molecule has 0 spiro atoms. The molecule has 0 bridgehead atoms. The van der Waals surface area contributed by atoms with E-state index in [1.54, 1.807) is 0 Å². The van der Waals surface area contributed by atoms with Crippen LogP contribution in [0.5, 0.6) is 0 Å². The van der Waals surface area contributed by atoms with Crippen molar-refractivity contribution in [1.82, 2.24) is 9.97 Å². The van der Waals surface area contributed by atoms with Crippen molar-refractivity contribution in [3.05, 3.63) is 45.7 Å². The lowest BCUT2D eigenvalue weighted by Gasteiger charge is -2.14. The summed E-state index contributed by atoms with van der Waals surface area (Å²) in [5.41, 5.74) is 5.50. The summed E-state index contributed by atoms with van der Waals surface area (Å²) in [6, 6.07) is 6.17. The van der Waals surface area contributed by atoms with Crippen LogP contribution >= 0.6 is 11.6 Å². The Morgan fingerprint density at radius 1 is 1.05 bits per heavy atom. The molecule has 0 aliphatic carbocycles. The molecule has 19 heavy (non-hydrogen) atoms. The zero-order valence-electron chi connectivity index (χ0n) is 12.1. The molecule has 0 saturated carbocycles. The van der Waals surface area contributed by atoms with Crippen molar-refractivity contribution in [2.75, 3.05) is 0 Å². The third-order valence-corrected chi connectivity index (χ3v) is 3.80. The van der Waals surface area contributed by atoms with Crippen molar-refractivity contribution in [3.63, 3.8) is 0 Å². The average molecular weight is 275 g/mol. The molecule has 100 valence electrons. The monoisotopic (exact) mass is 274 g/mol. The highest BCUT2D eigenvalue weighted by Gasteiger charge is 2.15. The van der Waals surface area contributed by atoms with E-state index in [0.717, 1.165) is 16.8 Å². The van der Waals surface area contributed by atoms with Gasteiger partial charge in [0, 0.05) is 16.8 Å². The van der Waals surface area contributed by atoms with Crippen molar-refractivity contribution in [3.8, 4) is 11.4 Å². The van der Waals surface area contributed by atoms with Crippen LogP contribution in [0, 0.1) is 20.8 Å². The summed E-state index contributed by atoms with van der Waals surface area (Å²) in [6.45, 7) is 10.4. The van der Waals surface area contributed by atoms with Gasteiger partial charge < -0.3 is 0 Å². The van der Waals surface area contributed by atoms with E-state index in [0.29, 0.717) is 16.9 Å². The minimum atomic E-state index is 0.333. The molecule has 1 heterocycles. The van der Waals surface area contributed by atoms with Crippen LogP contribution in [0.2, 0.25) is 5.15 Å². The zero-order chi connectivity index (χ0) is 14.2. The van der Waals surface area contributed by atoms with Gasteiger partial charge in [0.25, 0.3) is 0 Å². The van der Waals surface area contributed by atoms with E-state index in [4.69, 9.17) is 11.6 Å². The van der Waals surface area contributed by atoms with E-state index >= 15 is 0 Å². The van der Waals surface area contributed by atoms with Crippen LogP contribution in [0.1, 0.15) is 42.1 Å². The summed E-state index contributed by atoms with van der Waals surface area (Å²) in [7, 11) is 0. The lowest BCUT2D eigenvalue weighted by atomic mass is 10.0. The van der Waals surface area contributed by atoms with Gasteiger partial charge in [-0.3, -0.25) is 0 Å². The van der Waals surface area contributed by atoms with Crippen LogP contribution in [0.15, 0.2) is 18.2 Å². The van der Waals surface area contributed by atoms with Gasteiger partial charge in [-0.05, 0) is 37.8 Å². The Morgan fingerprint density at radius 3 is 2.32 bits per heavy atom. The van der Waals surface area contributed by atoms with E-state index in [1.165, 1.54) is 11.1 Å². The Labute approximate surface area is 119 Å². The molecule has 0 amide bonds. The Kier molecular flexibility index (Phi) is 3.91. The Morgan fingerprint density at radius 2 is 1.74 bits per heavy atom. The third-order valence-electron chi connectivity index (χ3n) is 3.51. The number of benzene rings is 1. The fraction of sp³-hybridized carbons (Fsp3) is 0.375. The molecule has 1 aromatic carbocycles. The maximum atomic E-state index is 6.32. The van der Waals surface area contributed by atoms with Crippen molar-refractivity contribution >= 4 is 11.6 Å². The summed E-state index contributed by atoms with van der Waals surface area (Å²) in [5.74, 6) is 1.05. The number of aromatic nitrogens is 2. The first-order chi connectivity index (χ1) is 8.91. The van der Waals surface area contributed by atoms with Crippen LogP contribution in [0.3, 0.4) is 0 Å². The lowest BCUT2D eigenvalue weighted by molar-refractivity contribution is 0.831. The molecule has 0 radical (unpaired) electrons. The first-order valence-electron chi connectivity index (χ1n) is 6.52. The number of rotatable bonds is 2. The van der Waals surface area contributed by atoms with Gasteiger partial charge in [0.1, 0.15) is 5.15 Å². The Balaban J connectivity index is 2.62. The number of halogens is 1. The van der Waals surface area contributed by atoms with E-state index in [1.807, 2.05) is 19.1 Å². The molecule has 2 nitrogen and oxygen atoms in total. The number of hydrogen-bond acceptors (Lipinski definition) is 2. The smallest absolute Gasteiger partial charge is 0.161 e. The Bertz CT molecular complexity index is 595. The summed E-state index contributed by atoms with van der Waals surface area (Å²) >= 11 is 6.32. The molecular formula is C16H19ClN2. The topological polar surface area (TPSA) is 25.8 Å².